The van der Waals surface area contributed by atoms with Gasteiger partial charge in [-0.25, -0.2) is 12.8 Å². The summed E-state index contributed by atoms with van der Waals surface area (Å²) in [4.78, 5) is 14.5. The number of carbonyl (C=O) groups excluding carboxylic acids is 1. The highest BCUT2D eigenvalue weighted by molar-refractivity contribution is 9.10. The average Bonchev–Trinajstić information content (AvgIpc) is 2.87. The van der Waals surface area contributed by atoms with Crippen LogP contribution in [0.2, 0.25) is 0 Å². The quantitative estimate of drug-likeness (QED) is 0.713. The molecule has 0 bridgehead atoms. The first kappa shape index (κ1) is 20.0. The van der Waals surface area contributed by atoms with Crippen molar-refractivity contribution < 1.29 is 17.6 Å². The van der Waals surface area contributed by atoms with Crippen molar-refractivity contribution in [3.63, 3.8) is 0 Å². The molecule has 1 heterocycles. The third kappa shape index (κ3) is 4.56. The molecule has 0 N–H and O–H groups in total. The summed E-state index contributed by atoms with van der Waals surface area (Å²) >= 11 is 3.19. The molecule has 1 amide bonds. The molecule has 27 heavy (non-hydrogen) atoms. The zero-order valence-electron chi connectivity index (χ0n) is 14.9. The first-order valence-corrected chi connectivity index (χ1v) is 10.8. The molecule has 0 aromatic heterocycles. The Morgan fingerprint density at radius 2 is 1.74 bits per heavy atom. The summed E-state index contributed by atoms with van der Waals surface area (Å²) in [5, 5.41) is 0. The highest BCUT2D eigenvalue weighted by Crippen LogP contribution is 2.20. The summed E-state index contributed by atoms with van der Waals surface area (Å²) in [7, 11) is -3.60. The Morgan fingerprint density at radius 3 is 2.41 bits per heavy atom. The van der Waals surface area contributed by atoms with Gasteiger partial charge in [-0.1, -0.05) is 33.6 Å². The molecule has 0 aliphatic carbocycles. The molecule has 0 atom stereocenters. The molecule has 0 unspecified atom stereocenters. The minimum absolute atomic E-state index is 0.207. The molecule has 1 aliphatic heterocycles. The molecule has 8 heteroatoms. The van der Waals surface area contributed by atoms with Gasteiger partial charge in [-0.2, -0.15) is 4.31 Å². The van der Waals surface area contributed by atoms with Gasteiger partial charge < -0.3 is 4.90 Å². The van der Waals surface area contributed by atoms with E-state index >= 15 is 0 Å². The fourth-order valence-electron chi connectivity index (χ4n) is 3.06. The van der Waals surface area contributed by atoms with Crippen molar-refractivity contribution in [2.24, 2.45) is 0 Å². The standard InChI is InChI=1S/C19H20BrFN2O3S/c1-14-3-5-18(6-4-14)27(25,26)23-8-2-7-22(9-10-23)19(24)15-11-16(20)13-17(21)12-15/h3-6,11-13H,2,7-10H2,1H3. The van der Waals surface area contributed by atoms with E-state index in [-0.39, 0.29) is 29.5 Å². The largest absolute Gasteiger partial charge is 0.337 e. The summed E-state index contributed by atoms with van der Waals surface area (Å²) in [6.07, 6.45) is 0.521. The van der Waals surface area contributed by atoms with Gasteiger partial charge in [0, 0.05) is 36.2 Å². The fourth-order valence-corrected chi connectivity index (χ4v) is 4.99. The third-order valence-corrected chi connectivity index (χ3v) is 6.88. The van der Waals surface area contributed by atoms with Crippen molar-refractivity contribution in [1.82, 2.24) is 9.21 Å². The number of sulfonamides is 1. The second-order valence-corrected chi connectivity index (χ2v) is 9.37. The lowest BCUT2D eigenvalue weighted by molar-refractivity contribution is 0.0763. The molecule has 144 valence electrons. The predicted octanol–water partition coefficient (Wildman–Crippen LogP) is 3.43. The van der Waals surface area contributed by atoms with Crippen molar-refractivity contribution in [2.45, 2.75) is 18.2 Å². The van der Waals surface area contributed by atoms with E-state index in [2.05, 4.69) is 15.9 Å². The number of carbonyl (C=O) groups is 1. The Morgan fingerprint density at radius 1 is 1.04 bits per heavy atom. The van der Waals surface area contributed by atoms with Crippen molar-refractivity contribution in [1.29, 1.82) is 0 Å². The monoisotopic (exact) mass is 454 g/mol. The second kappa shape index (κ2) is 8.08. The van der Waals surface area contributed by atoms with Crippen LogP contribution in [0.15, 0.2) is 51.8 Å². The van der Waals surface area contributed by atoms with Gasteiger partial charge in [0.1, 0.15) is 5.82 Å². The molecular weight excluding hydrogens is 435 g/mol. The zero-order chi connectivity index (χ0) is 19.6. The van der Waals surface area contributed by atoms with Gasteiger partial charge in [-0.15, -0.1) is 0 Å². The van der Waals surface area contributed by atoms with Crippen LogP contribution in [-0.2, 0) is 10.0 Å². The topological polar surface area (TPSA) is 57.7 Å². The van der Waals surface area contributed by atoms with E-state index in [1.165, 1.54) is 16.4 Å². The van der Waals surface area contributed by atoms with Gasteiger partial charge in [0.15, 0.2) is 0 Å². The molecule has 2 aromatic rings. The van der Waals surface area contributed by atoms with E-state index in [4.69, 9.17) is 0 Å². The summed E-state index contributed by atoms with van der Waals surface area (Å²) < 4.78 is 41.2. The SMILES string of the molecule is Cc1ccc(S(=O)(=O)N2CCCN(C(=O)c3cc(F)cc(Br)c3)CC2)cc1. The van der Waals surface area contributed by atoms with E-state index in [1.807, 2.05) is 6.92 Å². The Hall–Kier alpha value is -1.77. The molecule has 5 nitrogen and oxygen atoms in total. The molecule has 0 spiro atoms. The Kier molecular flexibility index (Phi) is 5.98. The number of nitrogens with zero attached hydrogens (tertiary/aromatic N) is 2. The van der Waals surface area contributed by atoms with Crippen molar-refractivity contribution >= 4 is 31.9 Å². The van der Waals surface area contributed by atoms with E-state index in [9.17, 15) is 17.6 Å². The van der Waals surface area contributed by atoms with Crippen LogP contribution in [0.25, 0.3) is 0 Å². The number of halogens is 2. The first-order chi connectivity index (χ1) is 12.8. The van der Waals surface area contributed by atoms with E-state index in [1.54, 1.807) is 35.2 Å². The van der Waals surface area contributed by atoms with Gasteiger partial charge in [-0.05, 0) is 43.7 Å². The van der Waals surface area contributed by atoms with Gasteiger partial charge in [0.2, 0.25) is 10.0 Å². The van der Waals surface area contributed by atoms with Crippen LogP contribution >= 0.6 is 15.9 Å². The van der Waals surface area contributed by atoms with E-state index < -0.39 is 15.8 Å². The number of benzene rings is 2. The Bertz CT molecular complexity index is 928. The molecule has 1 saturated heterocycles. The molecule has 0 radical (unpaired) electrons. The minimum atomic E-state index is -3.60. The molecule has 3 rings (SSSR count). The predicted molar refractivity (Wildman–Crippen MR) is 105 cm³/mol. The van der Waals surface area contributed by atoms with Crippen LogP contribution in [0.4, 0.5) is 4.39 Å². The fraction of sp³-hybridized carbons (Fsp3) is 0.316. The summed E-state index contributed by atoms with van der Waals surface area (Å²) in [6.45, 7) is 3.13. The zero-order valence-corrected chi connectivity index (χ0v) is 17.3. The Balaban J connectivity index is 1.75. The maximum Gasteiger partial charge on any atom is 0.254 e. The van der Waals surface area contributed by atoms with E-state index in [0.29, 0.717) is 24.0 Å². The second-order valence-electron chi connectivity index (χ2n) is 6.52. The van der Waals surface area contributed by atoms with Gasteiger partial charge >= 0.3 is 0 Å². The van der Waals surface area contributed by atoms with Crippen LogP contribution in [-0.4, -0.2) is 49.7 Å². The van der Waals surface area contributed by atoms with Crippen molar-refractivity contribution in [3.05, 3.63) is 63.9 Å². The molecule has 1 fully saturated rings. The van der Waals surface area contributed by atoms with Crippen molar-refractivity contribution in [3.8, 4) is 0 Å². The highest BCUT2D eigenvalue weighted by atomic mass is 79.9. The number of aryl methyl sites for hydroxylation is 1. The summed E-state index contributed by atoms with van der Waals surface area (Å²) in [5.41, 5.74) is 1.24. The number of amides is 1. The normalized spacial score (nSPS) is 16.2. The number of rotatable bonds is 3. The first-order valence-electron chi connectivity index (χ1n) is 8.59. The number of hydrogen-bond donors (Lipinski definition) is 0. The van der Waals surface area contributed by atoms with Crippen LogP contribution in [0, 0.1) is 12.7 Å². The maximum absolute atomic E-state index is 13.6. The smallest absolute Gasteiger partial charge is 0.254 e. The number of hydrogen-bond acceptors (Lipinski definition) is 3. The lowest BCUT2D eigenvalue weighted by Crippen LogP contribution is -2.37. The Labute approximate surface area is 167 Å². The van der Waals surface area contributed by atoms with E-state index in [0.717, 1.165) is 5.56 Å². The highest BCUT2D eigenvalue weighted by Gasteiger charge is 2.28. The van der Waals surface area contributed by atoms with Crippen LogP contribution in [0.1, 0.15) is 22.3 Å². The average molecular weight is 455 g/mol. The van der Waals surface area contributed by atoms with Gasteiger partial charge in [0.05, 0.1) is 4.90 Å². The third-order valence-electron chi connectivity index (χ3n) is 4.51. The lowest BCUT2D eigenvalue weighted by Gasteiger charge is -2.22. The minimum Gasteiger partial charge on any atom is -0.337 e. The van der Waals surface area contributed by atoms with Gasteiger partial charge in [-0.3, -0.25) is 4.79 Å². The van der Waals surface area contributed by atoms with Crippen molar-refractivity contribution in [2.75, 3.05) is 26.2 Å². The van der Waals surface area contributed by atoms with Crippen LogP contribution in [0.3, 0.4) is 0 Å². The van der Waals surface area contributed by atoms with Gasteiger partial charge in [0.25, 0.3) is 5.91 Å². The molecule has 2 aromatic carbocycles. The summed E-state index contributed by atoms with van der Waals surface area (Å²) in [6, 6.07) is 10.8. The maximum atomic E-state index is 13.6. The van der Waals surface area contributed by atoms with Crippen LogP contribution < -0.4 is 0 Å². The lowest BCUT2D eigenvalue weighted by atomic mass is 10.2. The summed E-state index contributed by atoms with van der Waals surface area (Å²) in [5.74, 6) is -0.795. The molecular formula is C19H20BrFN2O3S. The molecule has 1 aliphatic rings. The van der Waals surface area contributed by atoms with Crippen LogP contribution in [0.5, 0.6) is 0 Å². The molecule has 0 saturated carbocycles.